The molecule has 0 atom stereocenters. The molecule has 3 nitrogen and oxygen atoms in total. The van der Waals surface area contributed by atoms with Gasteiger partial charge in [-0.15, -0.1) is 11.3 Å². The van der Waals surface area contributed by atoms with Crippen LogP contribution in [0, 0.1) is 0 Å². The van der Waals surface area contributed by atoms with Gasteiger partial charge in [-0.05, 0) is 169 Å². The predicted octanol–water partition coefficient (Wildman–Crippen LogP) is 17.4. The van der Waals surface area contributed by atoms with Gasteiger partial charge in [-0.3, -0.25) is 0 Å². The van der Waals surface area contributed by atoms with E-state index in [-0.39, 0.29) is 39.2 Å². The Morgan fingerprint density at radius 3 is 1.47 bits per heavy atom. The van der Waals surface area contributed by atoms with Crippen molar-refractivity contribution in [3.8, 4) is 5.69 Å². The first-order chi connectivity index (χ1) is 34.4. The van der Waals surface area contributed by atoms with E-state index in [0.29, 0.717) is 0 Å². The molecule has 0 amide bonds. The number of anilines is 6. The second-order valence-electron chi connectivity index (χ2n) is 27.2. The standard InChI is InChI=1S/C68H72BN3S/c1-63(2,3)41-24-30-59-48(35-41)61-62(73-59)69-53-36-42(64(4,5)6)23-29-56(53)70(43-25-27-49-51(37-43)67(11,12)33-31-65(49,7)8)57-39-45(71-54-21-17-15-19-46(54)47-20-16-18-22-55(47)71)40-58(60(57)69)72(61)44-26-28-50-52(38-44)68(13,14)34-32-66(50,9)10/h15-30,35-40H,31-34H2,1-14H3. The van der Waals surface area contributed by atoms with Gasteiger partial charge in [0.15, 0.2) is 0 Å². The van der Waals surface area contributed by atoms with Crippen molar-refractivity contribution in [2.45, 2.75) is 155 Å². The van der Waals surface area contributed by atoms with Crippen molar-refractivity contribution in [2.75, 3.05) is 9.80 Å². The minimum absolute atomic E-state index is 0.00786. The van der Waals surface area contributed by atoms with Crippen molar-refractivity contribution in [3.63, 3.8) is 0 Å². The smallest absolute Gasteiger partial charge is 0.264 e. The Hall–Kier alpha value is -6.04. The van der Waals surface area contributed by atoms with Crippen LogP contribution in [-0.4, -0.2) is 11.3 Å². The van der Waals surface area contributed by atoms with Crippen molar-refractivity contribution in [1.82, 2.24) is 4.57 Å². The maximum atomic E-state index is 2.74. The molecule has 0 bridgehead atoms. The maximum Gasteiger partial charge on any atom is 0.264 e. The van der Waals surface area contributed by atoms with E-state index in [0.717, 1.165) is 12.8 Å². The molecule has 0 saturated heterocycles. The fourth-order valence-corrected chi connectivity index (χ4v) is 15.0. The number of para-hydroxylation sites is 2. The highest BCUT2D eigenvalue weighted by atomic mass is 32.1. The zero-order valence-electron chi connectivity index (χ0n) is 45.9. The summed E-state index contributed by atoms with van der Waals surface area (Å²) in [7, 11) is 0. The summed E-state index contributed by atoms with van der Waals surface area (Å²) >= 11 is 2.02. The Balaban J connectivity index is 1.20. The van der Waals surface area contributed by atoms with Gasteiger partial charge in [0.2, 0.25) is 0 Å². The van der Waals surface area contributed by atoms with E-state index in [1.807, 2.05) is 11.3 Å². The van der Waals surface area contributed by atoms with Crippen molar-refractivity contribution in [1.29, 1.82) is 0 Å². The first-order valence-electron chi connectivity index (χ1n) is 27.2. The summed E-state index contributed by atoms with van der Waals surface area (Å²) < 4.78 is 5.33. The molecule has 0 saturated carbocycles. The molecule has 5 heteroatoms. The van der Waals surface area contributed by atoms with E-state index in [1.54, 1.807) is 0 Å². The lowest BCUT2D eigenvalue weighted by molar-refractivity contribution is 0.332. The molecule has 0 N–H and O–H groups in total. The van der Waals surface area contributed by atoms with E-state index in [1.165, 1.54) is 134 Å². The van der Waals surface area contributed by atoms with E-state index in [9.17, 15) is 0 Å². The molecule has 13 rings (SSSR count). The minimum atomic E-state index is -0.0419. The fourth-order valence-electron chi connectivity index (χ4n) is 13.7. The molecule has 9 aromatic rings. The molecule has 2 aliphatic heterocycles. The summed E-state index contributed by atoms with van der Waals surface area (Å²) in [5.41, 5.74) is 22.9. The third-order valence-electron chi connectivity index (χ3n) is 18.4. The average molecular weight is 974 g/mol. The fraction of sp³-hybridized carbons (Fsp3) is 0.353. The van der Waals surface area contributed by atoms with Gasteiger partial charge in [0.25, 0.3) is 6.71 Å². The Labute approximate surface area is 439 Å². The van der Waals surface area contributed by atoms with E-state index in [4.69, 9.17) is 0 Å². The number of thiophene rings is 1. The largest absolute Gasteiger partial charge is 0.311 e. The predicted molar refractivity (Wildman–Crippen MR) is 318 cm³/mol. The summed E-state index contributed by atoms with van der Waals surface area (Å²) in [6.45, 7) is 33.9. The number of fused-ring (bicyclic) bond motifs is 11. The Bertz CT molecular complexity index is 3750. The normalized spacial score (nSPS) is 18.1. The van der Waals surface area contributed by atoms with E-state index < -0.39 is 0 Å². The SMILES string of the molecule is CC(C)(C)c1ccc2c(c1)B1c3sc4ccc(C(C)(C)C)cc4c3N(c3ccc4c(c3)C(C)(C)CCC4(C)C)c3cc(-n4c5ccccc5c5ccccc54)cc(c31)N2c1ccc2c(c1)C(C)(C)CCC2(C)C. The quantitative estimate of drug-likeness (QED) is 0.164. The molecule has 2 aromatic heterocycles. The van der Waals surface area contributed by atoms with Gasteiger partial charge < -0.3 is 14.4 Å². The zero-order valence-corrected chi connectivity index (χ0v) is 46.7. The van der Waals surface area contributed by atoms with Gasteiger partial charge in [0.05, 0.1) is 22.4 Å². The van der Waals surface area contributed by atoms with Crippen molar-refractivity contribution in [3.05, 3.63) is 167 Å². The second-order valence-corrected chi connectivity index (χ2v) is 28.2. The number of hydrogen-bond acceptors (Lipinski definition) is 3. The highest BCUT2D eigenvalue weighted by molar-refractivity contribution is 7.33. The number of hydrogen-bond donors (Lipinski definition) is 0. The first-order valence-corrected chi connectivity index (χ1v) is 28.0. The third-order valence-corrected chi connectivity index (χ3v) is 19.6. The number of aromatic nitrogens is 1. The molecular weight excluding hydrogens is 902 g/mol. The average Bonchev–Trinajstić information content (AvgIpc) is 3.89. The molecule has 7 aromatic carbocycles. The van der Waals surface area contributed by atoms with Crippen molar-refractivity contribution in [2.24, 2.45) is 0 Å². The van der Waals surface area contributed by atoms with Crippen LogP contribution in [0.15, 0.2) is 133 Å². The lowest BCUT2D eigenvalue weighted by Gasteiger charge is -2.46. The number of nitrogens with zero attached hydrogens (tertiary/aromatic N) is 3. The lowest BCUT2D eigenvalue weighted by Crippen LogP contribution is -2.60. The van der Waals surface area contributed by atoms with Crippen LogP contribution in [0.2, 0.25) is 0 Å². The maximum absolute atomic E-state index is 2.74. The Morgan fingerprint density at radius 2 is 0.918 bits per heavy atom. The van der Waals surface area contributed by atoms with Crippen LogP contribution in [0.3, 0.4) is 0 Å². The first kappa shape index (κ1) is 46.7. The number of rotatable bonds is 3. The Morgan fingerprint density at radius 1 is 0.438 bits per heavy atom. The van der Waals surface area contributed by atoms with Crippen LogP contribution in [0.4, 0.5) is 34.1 Å². The van der Waals surface area contributed by atoms with Gasteiger partial charge in [0.1, 0.15) is 0 Å². The van der Waals surface area contributed by atoms with E-state index >= 15 is 0 Å². The topological polar surface area (TPSA) is 11.4 Å². The molecule has 73 heavy (non-hydrogen) atoms. The van der Waals surface area contributed by atoms with Gasteiger partial charge in [-0.1, -0.05) is 164 Å². The summed E-state index contributed by atoms with van der Waals surface area (Å²) in [6, 6.07) is 53.2. The molecule has 0 unspecified atom stereocenters. The summed E-state index contributed by atoms with van der Waals surface area (Å²) in [4.78, 5) is 5.42. The molecule has 4 aliphatic rings. The van der Waals surface area contributed by atoms with Crippen LogP contribution in [0.5, 0.6) is 0 Å². The zero-order chi connectivity index (χ0) is 51.1. The van der Waals surface area contributed by atoms with Gasteiger partial charge in [-0.2, -0.15) is 0 Å². The monoisotopic (exact) mass is 974 g/mol. The second kappa shape index (κ2) is 15.3. The lowest BCUT2D eigenvalue weighted by atomic mass is 9.36. The van der Waals surface area contributed by atoms with Crippen molar-refractivity contribution < 1.29 is 0 Å². The van der Waals surface area contributed by atoms with Crippen LogP contribution >= 0.6 is 11.3 Å². The van der Waals surface area contributed by atoms with Crippen LogP contribution in [-0.2, 0) is 32.5 Å². The summed E-state index contributed by atoms with van der Waals surface area (Å²) in [5.74, 6) is 0. The van der Waals surface area contributed by atoms with E-state index in [2.05, 4.69) is 245 Å². The highest BCUT2D eigenvalue weighted by Crippen LogP contribution is 2.54. The van der Waals surface area contributed by atoms with Crippen molar-refractivity contribution >= 4 is 99.8 Å². The summed E-state index contributed by atoms with van der Waals surface area (Å²) in [6.07, 6.45) is 4.70. The Kier molecular flexibility index (Phi) is 9.78. The van der Waals surface area contributed by atoms with Gasteiger partial charge in [0, 0.05) is 54.1 Å². The molecular formula is C68H72BN3S. The molecule has 0 fully saturated rings. The summed E-state index contributed by atoms with van der Waals surface area (Å²) in [5, 5.41) is 3.89. The molecule has 0 spiro atoms. The highest BCUT2D eigenvalue weighted by Gasteiger charge is 2.48. The van der Waals surface area contributed by atoms with Gasteiger partial charge in [-0.25, -0.2) is 0 Å². The number of benzene rings is 7. The molecule has 4 heterocycles. The van der Waals surface area contributed by atoms with Crippen LogP contribution in [0.1, 0.15) is 156 Å². The minimum Gasteiger partial charge on any atom is -0.311 e. The van der Waals surface area contributed by atoms with Gasteiger partial charge >= 0.3 is 0 Å². The molecule has 2 aliphatic carbocycles. The van der Waals surface area contributed by atoms with Crippen LogP contribution < -0.4 is 25.5 Å². The molecule has 0 radical (unpaired) electrons. The van der Waals surface area contributed by atoms with Crippen LogP contribution in [0.25, 0.3) is 37.6 Å². The molecule has 368 valence electrons. The third kappa shape index (κ3) is 6.89.